The van der Waals surface area contributed by atoms with Crippen LogP contribution in [-0.2, 0) is 16.0 Å². The molecule has 4 rings (SSSR count). The number of phenols is 1. The average Bonchev–Trinajstić information content (AvgIpc) is 3.06. The fourth-order valence-corrected chi connectivity index (χ4v) is 5.41. The Hall–Kier alpha value is -4.08. The van der Waals surface area contributed by atoms with Gasteiger partial charge in [-0.25, -0.2) is 20.2 Å². The first-order valence-electron chi connectivity index (χ1n) is 15.8. The molecule has 3 aromatic carbocycles. The second-order valence-corrected chi connectivity index (χ2v) is 11.0. The number of nitrogens with zero attached hydrogens (tertiary/aromatic N) is 3. The van der Waals surface area contributed by atoms with Gasteiger partial charge in [0.2, 0.25) is 5.91 Å². The summed E-state index contributed by atoms with van der Waals surface area (Å²) in [5.74, 6) is 0.397. The van der Waals surface area contributed by atoms with Crippen molar-refractivity contribution < 1.29 is 24.2 Å². The molecular weight excluding hydrogens is 556 g/mol. The lowest BCUT2D eigenvalue weighted by molar-refractivity contribution is -0.135. The molecule has 1 saturated heterocycles. The summed E-state index contributed by atoms with van der Waals surface area (Å²) in [5, 5.41) is 15.2. The Morgan fingerprint density at radius 2 is 1.70 bits per heavy atom. The number of nitrogens with one attached hydrogen (secondary N) is 1. The normalized spacial score (nSPS) is 13.3. The predicted molar refractivity (Wildman–Crippen MR) is 173 cm³/mol. The molecule has 1 fully saturated rings. The summed E-state index contributed by atoms with van der Waals surface area (Å²) in [6.07, 6.45) is 6.33. The summed E-state index contributed by atoms with van der Waals surface area (Å²) in [6, 6.07) is 23.2. The SMILES string of the molecule is CCCCCN(NCCc1ccc(O)c(OC)c1)C(=O)CCOC(=O)N(c1ccccc1-c1ccccc1)N1CCCCC1. The first-order chi connectivity index (χ1) is 21.5. The van der Waals surface area contributed by atoms with E-state index in [9.17, 15) is 14.7 Å². The second-order valence-electron chi connectivity index (χ2n) is 11.0. The third-order valence-electron chi connectivity index (χ3n) is 7.79. The lowest BCUT2D eigenvalue weighted by Gasteiger charge is -2.37. The molecule has 9 heteroatoms. The van der Waals surface area contributed by atoms with E-state index in [2.05, 4.69) is 17.4 Å². The molecule has 0 radical (unpaired) electrons. The largest absolute Gasteiger partial charge is 0.504 e. The fourth-order valence-electron chi connectivity index (χ4n) is 5.41. The van der Waals surface area contributed by atoms with Crippen molar-refractivity contribution >= 4 is 17.7 Å². The van der Waals surface area contributed by atoms with Crippen LogP contribution in [-0.4, -0.2) is 67.0 Å². The average molecular weight is 603 g/mol. The number of aromatic hydroxyl groups is 1. The van der Waals surface area contributed by atoms with Gasteiger partial charge in [-0.3, -0.25) is 9.80 Å². The number of carbonyl (C=O) groups is 2. The van der Waals surface area contributed by atoms with Gasteiger partial charge in [0.1, 0.15) is 6.61 Å². The summed E-state index contributed by atoms with van der Waals surface area (Å²) >= 11 is 0. The maximum atomic E-state index is 13.7. The van der Waals surface area contributed by atoms with E-state index in [1.807, 2.05) is 60.7 Å². The zero-order valence-electron chi connectivity index (χ0n) is 26.0. The smallest absolute Gasteiger partial charge is 0.429 e. The van der Waals surface area contributed by atoms with E-state index in [1.165, 1.54) is 7.11 Å². The zero-order chi connectivity index (χ0) is 31.1. The highest BCUT2D eigenvalue weighted by Crippen LogP contribution is 2.33. The molecule has 9 nitrogen and oxygen atoms in total. The third kappa shape index (κ3) is 9.21. The molecule has 44 heavy (non-hydrogen) atoms. The standard InChI is InChI=1S/C35H46N4O5/c1-3-4-11-25-38(36-22-20-28-18-19-32(40)33(27-28)43-2)34(41)21-26-44-35(42)39(37-23-12-6-13-24-37)31-17-10-9-16-30(31)29-14-7-5-8-15-29/h5,7-10,14-19,27,36,40H,3-4,6,11-13,20-26H2,1-2H3. The molecule has 1 heterocycles. The number of benzene rings is 3. The van der Waals surface area contributed by atoms with E-state index >= 15 is 0 Å². The van der Waals surface area contributed by atoms with Crippen LogP contribution in [0, 0.1) is 0 Å². The molecule has 0 bridgehead atoms. The lowest BCUT2D eigenvalue weighted by Crippen LogP contribution is -2.50. The van der Waals surface area contributed by atoms with Crippen LogP contribution in [0.3, 0.4) is 0 Å². The molecule has 0 atom stereocenters. The Morgan fingerprint density at radius 1 is 0.955 bits per heavy atom. The van der Waals surface area contributed by atoms with E-state index in [0.29, 0.717) is 25.3 Å². The third-order valence-corrected chi connectivity index (χ3v) is 7.79. The fraction of sp³-hybridized carbons (Fsp3) is 0.429. The van der Waals surface area contributed by atoms with Crippen LogP contribution in [0.5, 0.6) is 11.5 Å². The Bertz CT molecular complexity index is 1330. The second kappa shape index (κ2) is 17.3. The predicted octanol–water partition coefficient (Wildman–Crippen LogP) is 6.57. The van der Waals surface area contributed by atoms with Crippen LogP contribution >= 0.6 is 0 Å². The number of carbonyl (C=O) groups excluding carboxylic acids is 2. The Kier molecular flexibility index (Phi) is 12.9. The van der Waals surface area contributed by atoms with Gasteiger partial charge in [0.05, 0.1) is 19.2 Å². The minimum absolute atomic E-state index is 0.0172. The van der Waals surface area contributed by atoms with E-state index in [0.717, 1.165) is 74.0 Å². The summed E-state index contributed by atoms with van der Waals surface area (Å²) in [4.78, 5) is 27.0. The number of rotatable bonds is 15. The van der Waals surface area contributed by atoms with Crippen LogP contribution in [0.2, 0.25) is 0 Å². The van der Waals surface area contributed by atoms with Crippen molar-refractivity contribution in [2.45, 2.75) is 58.3 Å². The number of methoxy groups -OCH3 is 1. The van der Waals surface area contributed by atoms with Crippen molar-refractivity contribution in [3.8, 4) is 22.6 Å². The quantitative estimate of drug-likeness (QED) is 0.150. The van der Waals surface area contributed by atoms with Crippen LogP contribution in [0.15, 0.2) is 72.8 Å². The number of amides is 2. The number of phenolic OH excluding ortho intramolecular Hbond substituents is 1. The maximum absolute atomic E-state index is 13.7. The van der Waals surface area contributed by atoms with Gasteiger partial charge in [0, 0.05) is 31.7 Å². The number of anilines is 1. The molecule has 1 aliphatic rings. The number of hydrogen-bond acceptors (Lipinski definition) is 7. The number of piperidine rings is 1. The molecule has 0 spiro atoms. The van der Waals surface area contributed by atoms with Crippen molar-refractivity contribution in [1.82, 2.24) is 15.4 Å². The molecule has 3 aromatic rings. The van der Waals surface area contributed by atoms with Gasteiger partial charge >= 0.3 is 6.09 Å². The van der Waals surface area contributed by atoms with Crippen molar-refractivity contribution in [1.29, 1.82) is 0 Å². The maximum Gasteiger partial charge on any atom is 0.429 e. The molecule has 2 amide bonds. The number of hydrogen-bond donors (Lipinski definition) is 2. The highest BCUT2D eigenvalue weighted by molar-refractivity contribution is 5.93. The first-order valence-corrected chi connectivity index (χ1v) is 15.8. The van der Waals surface area contributed by atoms with E-state index in [4.69, 9.17) is 9.47 Å². The molecule has 0 saturated carbocycles. The van der Waals surface area contributed by atoms with Crippen molar-refractivity contribution in [2.24, 2.45) is 0 Å². The minimum atomic E-state index is -0.477. The number of unbranched alkanes of at least 4 members (excludes halogenated alkanes) is 2. The highest BCUT2D eigenvalue weighted by atomic mass is 16.6. The zero-order valence-corrected chi connectivity index (χ0v) is 26.0. The highest BCUT2D eigenvalue weighted by Gasteiger charge is 2.28. The molecule has 0 aliphatic carbocycles. The molecule has 2 N–H and O–H groups in total. The topological polar surface area (TPSA) is 94.6 Å². The molecule has 236 valence electrons. The van der Waals surface area contributed by atoms with Gasteiger partial charge in [0.15, 0.2) is 11.5 Å². The van der Waals surface area contributed by atoms with E-state index in [-0.39, 0.29) is 24.7 Å². The minimum Gasteiger partial charge on any atom is -0.504 e. The molecular formula is C35H46N4O5. The van der Waals surface area contributed by atoms with Gasteiger partial charge in [-0.2, -0.15) is 0 Å². The molecule has 0 aromatic heterocycles. The van der Waals surface area contributed by atoms with Crippen molar-refractivity contribution in [2.75, 3.05) is 44.9 Å². The number of ether oxygens (including phenoxy) is 2. The molecule has 0 unspecified atom stereocenters. The Balaban J connectivity index is 1.39. The summed E-state index contributed by atoms with van der Waals surface area (Å²) in [7, 11) is 1.52. The van der Waals surface area contributed by atoms with Crippen LogP contribution < -0.4 is 15.2 Å². The van der Waals surface area contributed by atoms with Crippen LogP contribution in [0.1, 0.15) is 57.4 Å². The van der Waals surface area contributed by atoms with Crippen molar-refractivity contribution in [3.05, 3.63) is 78.4 Å². The summed E-state index contributed by atoms with van der Waals surface area (Å²) in [5.41, 5.74) is 6.98. The van der Waals surface area contributed by atoms with Gasteiger partial charge in [-0.1, -0.05) is 80.8 Å². The summed E-state index contributed by atoms with van der Waals surface area (Å²) < 4.78 is 11.0. The van der Waals surface area contributed by atoms with Gasteiger partial charge in [-0.05, 0) is 55.0 Å². The first kappa shape index (κ1) is 32.8. The van der Waals surface area contributed by atoms with Crippen LogP contribution in [0.4, 0.5) is 10.5 Å². The van der Waals surface area contributed by atoms with Gasteiger partial charge in [-0.15, -0.1) is 0 Å². The van der Waals surface area contributed by atoms with Crippen LogP contribution in [0.25, 0.3) is 11.1 Å². The van der Waals surface area contributed by atoms with Gasteiger partial charge < -0.3 is 14.6 Å². The summed E-state index contributed by atoms with van der Waals surface area (Å²) in [6.45, 7) is 4.74. The molecule has 1 aliphatic heterocycles. The Morgan fingerprint density at radius 3 is 2.45 bits per heavy atom. The monoisotopic (exact) mass is 602 g/mol. The number of hydrazine groups is 2. The Labute approximate surface area is 261 Å². The van der Waals surface area contributed by atoms with Crippen molar-refractivity contribution in [3.63, 3.8) is 0 Å². The van der Waals surface area contributed by atoms with E-state index in [1.54, 1.807) is 22.2 Å². The van der Waals surface area contributed by atoms with Gasteiger partial charge in [0.25, 0.3) is 0 Å². The lowest BCUT2D eigenvalue weighted by atomic mass is 10.0. The number of para-hydroxylation sites is 1. The van der Waals surface area contributed by atoms with E-state index < -0.39 is 6.09 Å².